The maximum Gasteiger partial charge on any atom is 0.223 e. The minimum Gasteiger partial charge on any atom is -0.385 e. The molecule has 6 nitrogen and oxygen atoms in total. The molecule has 0 atom stereocenters. The highest BCUT2D eigenvalue weighted by molar-refractivity contribution is 4.84. The maximum absolute atomic E-state index is 5.10. The highest BCUT2D eigenvalue weighted by Crippen LogP contribution is 2.07. The van der Waals surface area contributed by atoms with Crippen LogP contribution < -0.4 is 0 Å². The van der Waals surface area contributed by atoms with Gasteiger partial charge in [-0.3, -0.25) is 4.90 Å². The van der Waals surface area contributed by atoms with Crippen LogP contribution in [0, 0.1) is 6.92 Å². The molecule has 1 saturated heterocycles. The Bertz CT molecular complexity index is 369. The molecular formula is C13H24N4O2. The zero-order chi connectivity index (χ0) is 13.5. The Labute approximate surface area is 114 Å². The third kappa shape index (κ3) is 4.89. The van der Waals surface area contributed by atoms with Crippen molar-refractivity contribution in [1.82, 2.24) is 19.9 Å². The van der Waals surface area contributed by atoms with E-state index in [1.165, 1.54) is 13.0 Å². The molecule has 0 amide bonds. The van der Waals surface area contributed by atoms with Crippen molar-refractivity contribution in [2.45, 2.75) is 26.3 Å². The van der Waals surface area contributed by atoms with Crippen molar-refractivity contribution in [1.29, 1.82) is 0 Å². The van der Waals surface area contributed by atoms with Gasteiger partial charge in [-0.2, -0.15) is 4.98 Å². The van der Waals surface area contributed by atoms with Crippen molar-refractivity contribution < 1.29 is 9.26 Å². The quantitative estimate of drug-likeness (QED) is 0.715. The van der Waals surface area contributed by atoms with Gasteiger partial charge < -0.3 is 14.2 Å². The van der Waals surface area contributed by atoms with E-state index in [4.69, 9.17) is 9.26 Å². The van der Waals surface area contributed by atoms with Crippen molar-refractivity contribution in [2.75, 3.05) is 46.4 Å². The lowest BCUT2D eigenvalue weighted by atomic mass is 10.3. The molecule has 1 fully saturated rings. The molecule has 0 N–H and O–H groups in total. The molecule has 0 saturated carbocycles. The third-order valence-corrected chi connectivity index (χ3v) is 3.44. The van der Waals surface area contributed by atoms with Gasteiger partial charge in [0.1, 0.15) is 0 Å². The summed E-state index contributed by atoms with van der Waals surface area (Å²) in [6.45, 7) is 9.06. The van der Waals surface area contributed by atoms with Gasteiger partial charge in [0.2, 0.25) is 5.89 Å². The molecule has 0 aromatic carbocycles. The molecule has 0 unspecified atom stereocenters. The summed E-state index contributed by atoms with van der Waals surface area (Å²) in [4.78, 5) is 9.18. The summed E-state index contributed by atoms with van der Waals surface area (Å²) in [5, 5.41) is 3.96. The summed E-state index contributed by atoms with van der Waals surface area (Å²) in [6.07, 6.45) is 2.31. The predicted molar refractivity (Wildman–Crippen MR) is 71.9 cm³/mol. The largest absolute Gasteiger partial charge is 0.385 e. The second-order valence-corrected chi connectivity index (χ2v) is 5.05. The first kappa shape index (κ1) is 14.4. The number of hydrogen-bond acceptors (Lipinski definition) is 6. The molecule has 0 radical (unpaired) electrons. The first-order valence-electron chi connectivity index (χ1n) is 7.01. The summed E-state index contributed by atoms with van der Waals surface area (Å²) in [5.41, 5.74) is 0. The molecule has 1 aromatic heterocycles. The van der Waals surface area contributed by atoms with Crippen LogP contribution in [0.4, 0.5) is 0 Å². The van der Waals surface area contributed by atoms with E-state index in [1.54, 1.807) is 7.11 Å². The Morgan fingerprint density at radius 3 is 2.74 bits per heavy atom. The van der Waals surface area contributed by atoms with Crippen molar-refractivity contribution in [3.05, 3.63) is 11.7 Å². The number of aromatic nitrogens is 2. The van der Waals surface area contributed by atoms with Crippen molar-refractivity contribution in [2.24, 2.45) is 0 Å². The Morgan fingerprint density at radius 1 is 1.21 bits per heavy atom. The lowest BCUT2D eigenvalue weighted by molar-refractivity contribution is 0.172. The smallest absolute Gasteiger partial charge is 0.223 e. The van der Waals surface area contributed by atoms with Gasteiger partial charge in [-0.25, -0.2) is 0 Å². The van der Waals surface area contributed by atoms with Crippen LogP contribution in [-0.2, 0) is 11.3 Å². The summed E-state index contributed by atoms with van der Waals surface area (Å²) >= 11 is 0. The fraction of sp³-hybridized carbons (Fsp3) is 0.846. The predicted octanol–water partition coefficient (Wildman–Crippen LogP) is 0.922. The van der Waals surface area contributed by atoms with E-state index in [9.17, 15) is 0 Å². The van der Waals surface area contributed by atoms with Crippen LogP contribution in [0.15, 0.2) is 4.52 Å². The molecular weight excluding hydrogens is 244 g/mol. The van der Waals surface area contributed by atoms with Crippen molar-refractivity contribution in [3.63, 3.8) is 0 Å². The van der Waals surface area contributed by atoms with Gasteiger partial charge in [0.25, 0.3) is 0 Å². The second-order valence-electron chi connectivity index (χ2n) is 5.05. The van der Waals surface area contributed by atoms with Crippen LogP contribution in [0.1, 0.15) is 24.6 Å². The van der Waals surface area contributed by atoms with Gasteiger partial charge in [-0.1, -0.05) is 5.16 Å². The van der Waals surface area contributed by atoms with Crippen molar-refractivity contribution >= 4 is 0 Å². The van der Waals surface area contributed by atoms with E-state index >= 15 is 0 Å². The molecule has 2 rings (SSSR count). The van der Waals surface area contributed by atoms with Crippen molar-refractivity contribution in [3.8, 4) is 0 Å². The zero-order valence-electron chi connectivity index (χ0n) is 12.0. The molecule has 1 aliphatic rings. The fourth-order valence-corrected chi connectivity index (χ4v) is 2.44. The fourth-order valence-electron chi connectivity index (χ4n) is 2.44. The van der Waals surface area contributed by atoms with Crippen LogP contribution in [0.5, 0.6) is 0 Å². The third-order valence-electron chi connectivity index (χ3n) is 3.44. The van der Waals surface area contributed by atoms with E-state index in [0.717, 1.165) is 51.6 Å². The highest BCUT2D eigenvalue weighted by Gasteiger charge is 2.16. The minimum atomic E-state index is 0.644. The summed E-state index contributed by atoms with van der Waals surface area (Å²) in [7, 11) is 1.76. The summed E-state index contributed by atoms with van der Waals surface area (Å²) in [5.74, 6) is 1.44. The molecule has 1 aromatic rings. The Kier molecular flexibility index (Phi) is 5.75. The zero-order valence-corrected chi connectivity index (χ0v) is 12.0. The topological polar surface area (TPSA) is 54.6 Å². The molecule has 108 valence electrons. The standard InChI is InChI=1S/C13H24N4O2/c1-12-14-13(15-19-12)11-17-6-3-5-16(8-9-17)7-4-10-18-2/h3-11H2,1-2H3. The number of aryl methyl sites for hydroxylation is 1. The number of ether oxygens (including phenoxy) is 1. The molecule has 6 heteroatoms. The molecule has 0 spiro atoms. The average molecular weight is 268 g/mol. The second kappa shape index (κ2) is 7.57. The number of methoxy groups -OCH3 is 1. The van der Waals surface area contributed by atoms with Gasteiger partial charge in [0, 0.05) is 40.3 Å². The van der Waals surface area contributed by atoms with Crippen LogP contribution >= 0.6 is 0 Å². The molecule has 0 aliphatic carbocycles. The lowest BCUT2D eigenvalue weighted by Gasteiger charge is -2.20. The number of hydrogen-bond donors (Lipinski definition) is 0. The van der Waals surface area contributed by atoms with Gasteiger partial charge in [-0.05, 0) is 25.9 Å². The lowest BCUT2D eigenvalue weighted by Crippen LogP contribution is -2.31. The van der Waals surface area contributed by atoms with Gasteiger partial charge in [-0.15, -0.1) is 0 Å². The SMILES string of the molecule is COCCCN1CCCN(Cc2noc(C)n2)CC1. The normalized spacial score (nSPS) is 18.6. The van der Waals surface area contributed by atoms with E-state index in [0.29, 0.717) is 5.89 Å². The van der Waals surface area contributed by atoms with Gasteiger partial charge in [0.05, 0.1) is 6.54 Å². The Morgan fingerprint density at radius 2 is 2.00 bits per heavy atom. The first-order valence-corrected chi connectivity index (χ1v) is 7.01. The van der Waals surface area contributed by atoms with E-state index < -0.39 is 0 Å². The Hall–Kier alpha value is -0.980. The van der Waals surface area contributed by atoms with E-state index in [-0.39, 0.29) is 0 Å². The molecule has 0 bridgehead atoms. The molecule has 2 heterocycles. The average Bonchev–Trinajstić information content (AvgIpc) is 2.67. The first-order chi connectivity index (χ1) is 9.28. The summed E-state index contributed by atoms with van der Waals surface area (Å²) in [6, 6.07) is 0. The van der Waals surface area contributed by atoms with Crippen LogP contribution in [0.3, 0.4) is 0 Å². The highest BCUT2D eigenvalue weighted by atomic mass is 16.5. The number of nitrogens with zero attached hydrogens (tertiary/aromatic N) is 4. The van der Waals surface area contributed by atoms with Gasteiger partial charge >= 0.3 is 0 Å². The maximum atomic E-state index is 5.10. The summed E-state index contributed by atoms with van der Waals surface area (Å²) < 4.78 is 10.1. The van der Waals surface area contributed by atoms with Crippen LogP contribution in [0.25, 0.3) is 0 Å². The monoisotopic (exact) mass is 268 g/mol. The van der Waals surface area contributed by atoms with Gasteiger partial charge in [0.15, 0.2) is 5.82 Å². The molecule has 1 aliphatic heterocycles. The Balaban J connectivity index is 1.73. The molecule has 19 heavy (non-hydrogen) atoms. The number of rotatable bonds is 6. The minimum absolute atomic E-state index is 0.644. The van der Waals surface area contributed by atoms with Crippen LogP contribution in [0.2, 0.25) is 0 Å². The van der Waals surface area contributed by atoms with E-state index in [1.807, 2.05) is 6.92 Å². The van der Waals surface area contributed by atoms with Crippen LogP contribution in [-0.4, -0.2) is 66.4 Å². The van der Waals surface area contributed by atoms with E-state index in [2.05, 4.69) is 19.9 Å².